The molecule has 0 spiro atoms. The number of hydrogen-bond donors (Lipinski definition) is 4. The molecule has 1 saturated carbocycles. The molecular formula is C13H24N2O4. The van der Waals surface area contributed by atoms with E-state index in [1.54, 1.807) is 13.8 Å². The Bertz CT molecular complexity index is 329. The van der Waals surface area contributed by atoms with Crippen molar-refractivity contribution in [2.75, 3.05) is 0 Å². The average Bonchev–Trinajstić information content (AvgIpc) is 2.38. The van der Waals surface area contributed by atoms with Crippen LogP contribution in [0.3, 0.4) is 0 Å². The maximum atomic E-state index is 11.9. The normalized spacial score (nSPS) is 23.7. The largest absolute Gasteiger partial charge is 0.480 e. The minimum atomic E-state index is -1.23. The SMILES string of the molecule is CCC(CC)(NC(=O)NC1CCCCC1O)C(=O)O. The van der Waals surface area contributed by atoms with Gasteiger partial charge in [0.05, 0.1) is 12.1 Å². The Morgan fingerprint density at radius 1 is 1.21 bits per heavy atom. The molecule has 0 aromatic heterocycles. The van der Waals surface area contributed by atoms with Crippen LogP contribution in [0.5, 0.6) is 0 Å². The van der Waals surface area contributed by atoms with Crippen molar-refractivity contribution in [1.82, 2.24) is 10.6 Å². The summed E-state index contributed by atoms with van der Waals surface area (Å²) in [4.78, 5) is 23.2. The third kappa shape index (κ3) is 3.83. The van der Waals surface area contributed by atoms with Gasteiger partial charge in [0.1, 0.15) is 5.54 Å². The molecule has 19 heavy (non-hydrogen) atoms. The fraction of sp³-hybridized carbons (Fsp3) is 0.846. The molecule has 0 saturated heterocycles. The molecule has 1 aliphatic carbocycles. The number of amides is 2. The summed E-state index contributed by atoms with van der Waals surface area (Å²) in [5.41, 5.74) is -1.23. The van der Waals surface area contributed by atoms with Gasteiger partial charge >= 0.3 is 12.0 Å². The van der Waals surface area contributed by atoms with E-state index in [0.717, 1.165) is 19.3 Å². The lowest BCUT2D eigenvalue weighted by atomic mass is 9.92. The number of hydrogen-bond acceptors (Lipinski definition) is 3. The Hall–Kier alpha value is -1.30. The first kappa shape index (κ1) is 15.8. The smallest absolute Gasteiger partial charge is 0.329 e. The van der Waals surface area contributed by atoms with E-state index in [1.807, 2.05) is 0 Å². The monoisotopic (exact) mass is 272 g/mol. The number of carboxylic acid groups (broad SMARTS) is 1. The maximum absolute atomic E-state index is 11.9. The van der Waals surface area contributed by atoms with Gasteiger partial charge in [-0.15, -0.1) is 0 Å². The van der Waals surface area contributed by atoms with Crippen LogP contribution in [0.15, 0.2) is 0 Å². The molecule has 2 unspecified atom stereocenters. The van der Waals surface area contributed by atoms with E-state index in [-0.39, 0.29) is 6.04 Å². The highest BCUT2D eigenvalue weighted by Crippen LogP contribution is 2.19. The van der Waals surface area contributed by atoms with Crippen LogP contribution >= 0.6 is 0 Å². The van der Waals surface area contributed by atoms with Gasteiger partial charge in [-0.3, -0.25) is 0 Å². The minimum absolute atomic E-state index is 0.283. The summed E-state index contributed by atoms with van der Waals surface area (Å²) in [5, 5.41) is 24.2. The second-order valence-corrected chi connectivity index (χ2v) is 5.15. The van der Waals surface area contributed by atoms with Gasteiger partial charge < -0.3 is 20.8 Å². The van der Waals surface area contributed by atoms with Gasteiger partial charge in [0, 0.05) is 0 Å². The topological polar surface area (TPSA) is 98.7 Å². The Morgan fingerprint density at radius 3 is 2.26 bits per heavy atom. The van der Waals surface area contributed by atoms with Crippen molar-refractivity contribution in [2.24, 2.45) is 0 Å². The van der Waals surface area contributed by atoms with Gasteiger partial charge in [0.2, 0.25) is 0 Å². The quantitative estimate of drug-likeness (QED) is 0.605. The van der Waals surface area contributed by atoms with Crippen LogP contribution in [-0.2, 0) is 4.79 Å². The molecule has 2 amide bonds. The van der Waals surface area contributed by atoms with Crippen LogP contribution in [0.1, 0.15) is 52.4 Å². The number of carbonyl (C=O) groups is 2. The van der Waals surface area contributed by atoms with Gasteiger partial charge in [0.15, 0.2) is 0 Å². The van der Waals surface area contributed by atoms with E-state index in [0.29, 0.717) is 19.3 Å². The van der Waals surface area contributed by atoms with Crippen LogP contribution in [0.2, 0.25) is 0 Å². The van der Waals surface area contributed by atoms with E-state index in [4.69, 9.17) is 0 Å². The van der Waals surface area contributed by atoms with E-state index >= 15 is 0 Å². The molecule has 1 fully saturated rings. The van der Waals surface area contributed by atoms with Crippen LogP contribution in [0.4, 0.5) is 4.79 Å². The van der Waals surface area contributed by atoms with Gasteiger partial charge in [-0.25, -0.2) is 9.59 Å². The number of aliphatic hydroxyl groups is 1. The van der Waals surface area contributed by atoms with Crippen molar-refractivity contribution in [3.63, 3.8) is 0 Å². The molecule has 0 aromatic carbocycles. The second kappa shape index (κ2) is 6.75. The molecule has 110 valence electrons. The summed E-state index contributed by atoms with van der Waals surface area (Å²) in [6, 6.07) is -0.800. The van der Waals surface area contributed by atoms with Gasteiger partial charge in [0.25, 0.3) is 0 Å². The molecule has 0 heterocycles. The van der Waals surface area contributed by atoms with Gasteiger partial charge in [-0.2, -0.15) is 0 Å². The number of nitrogens with one attached hydrogen (secondary N) is 2. The first-order valence-corrected chi connectivity index (χ1v) is 6.95. The molecule has 0 aromatic rings. The van der Waals surface area contributed by atoms with Gasteiger partial charge in [-0.05, 0) is 25.7 Å². The number of rotatable bonds is 5. The van der Waals surface area contributed by atoms with Crippen molar-refractivity contribution < 1.29 is 19.8 Å². The number of aliphatic hydroxyl groups excluding tert-OH is 1. The fourth-order valence-electron chi connectivity index (χ4n) is 2.48. The highest BCUT2D eigenvalue weighted by atomic mass is 16.4. The molecule has 6 heteroatoms. The second-order valence-electron chi connectivity index (χ2n) is 5.15. The molecule has 4 N–H and O–H groups in total. The maximum Gasteiger partial charge on any atom is 0.329 e. The fourth-order valence-corrected chi connectivity index (χ4v) is 2.48. The van der Waals surface area contributed by atoms with Crippen molar-refractivity contribution in [2.45, 2.75) is 70.1 Å². The molecule has 0 bridgehead atoms. The Balaban J connectivity index is 2.60. The lowest BCUT2D eigenvalue weighted by molar-refractivity contribution is -0.144. The summed E-state index contributed by atoms with van der Waals surface area (Å²) in [6.45, 7) is 3.46. The average molecular weight is 272 g/mol. The Kier molecular flexibility index (Phi) is 5.60. The summed E-state index contributed by atoms with van der Waals surface area (Å²) in [7, 11) is 0. The highest BCUT2D eigenvalue weighted by molar-refractivity contribution is 5.86. The van der Waals surface area contributed by atoms with Crippen molar-refractivity contribution in [3.05, 3.63) is 0 Å². The third-order valence-electron chi connectivity index (χ3n) is 4.02. The van der Waals surface area contributed by atoms with Crippen molar-refractivity contribution >= 4 is 12.0 Å². The zero-order chi connectivity index (χ0) is 14.5. The molecule has 2 atom stereocenters. The predicted molar refractivity (Wildman–Crippen MR) is 70.9 cm³/mol. The summed E-state index contributed by atoms with van der Waals surface area (Å²) >= 11 is 0. The number of urea groups is 1. The van der Waals surface area contributed by atoms with Crippen molar-refractivity contribution in [1.29, 1.82) is 0 Å². The van der Waals surface area contributed by atoms with Crippen LogP contribution in [0.25, 0.3) is 0 Å². The molecule has 0 radical (unpaired) electrons. The van der Waals surface area contributed by atoms with E-state index in [9.17, 15) is 19.8 Å². The number of carbonyl (C=O) groups excluding carboxylic acids is 1. The molecule has 0 aliphatic heterocycles. The molecular weight excluding hydrogens is 248 g/mol. The number of aliphatic carboxylic acids is 1. The standard InChI is InChI=1S/C13H24N2O4/c1-3-13(4-2,11(17)18)15-12(19)14-9-7-5-6-8-10(9)16/h9-10,16H,3-8H2,1-2H3,(H,17,18)(H2,14,15,19). The Morgan fingerprint density at radius 2 is 1.79 bits per heavy atom. The number of carboxylic acids is 1. The summed E-state index contributed by atoms with van der Waals surface area (Å²) in [6.07, 6.45) is 3.43. The predicted octanol–water partition coefficient (Wildman–Crippen LogP) is 1.23. The van der Waals surface area contributed by atoms with E-state index in [2.05, 4.69) is 10.6 Å². The summed E-state index contributed by atoms with van der Waals surface area (Å²) < 4.78 is 0. The third-order valence-corrected chi connectivity index (χ3v) is 4.02. The van der Waals surface area contributed by atoms with Crippen molar-refractivity contribution in [3.8, 4) is 0 Å². The summed E-state index contributed by atoms with van der Waals surface area (Å²) in [5.74, 6) is -1.03. The van der Waals surface area contributed by atoms with Gasteiger partial charge in [-0.1, -0.05) is 26.7 Å². The van der Waals surface area contributed by atoms with E-state index < -0.39 is 23.6 Å². The van der Waals surface area contributed by atoms with Crippen LogP contribution < -0.4 is 10.6 Å². The zero-order valence-corrected chi connectivity index (χ0v) is 11.6. The minimum Gasteiger partial charge on any atom is -0.480 e. The highest BCUT2D eigenvalue weighted by Gasteiger charge is 2.37. The van der Waals surface area contributed by atoms with Crippen LogP contribution in [-0.4, -0.2) is 39.9 Å². The first-order valence-electron chi connectivity index (χ1n) is 6.95. The molecule has 1 rings (SSSR count). The van der Waals surface area contributed by atoms with E-state index in [1.165, 1.54) is 0 Å². The molecule has 1 aliphatic rings. The Labute approximate surface area is 113 Å². The zero-order valence-electron chi connectivity index (χ0n) is 11.6. The first-order chi connectivity index (χ1) is 8.95. The lowest BCUT2D eigenvalue weighted by Crippen LogP contribution is -2.59. The molecule has 6 nitrogen and oxygen atoms in total. The van der Waals surface area contributed by atoms with Crippen LogP contribution in [0, 0.1) is 0 Å². The lowest BCUT2D eigenvalue weighted by Gasteiger charge is -2.32.